The molecule has 4 aliphatic carbocycles. The Kier molecular flexibility index (Phi) is 6.59. The lowest BCUT2D eigenvalue weighted by molar-refractivity contribution is -0.0577. The van der Waals surface area contributed by atoms with Gasteiger partial charge in [-0.05, 0) is 117 Å². The maximum absolute atomic E-state index is 10.3. The fourth-order valence-corrected chi connectivity index (χ4v) is 9.66. The Hall–Kier alpha value is -0.560. The Labute approximate surface area is 193 Å². The average molecular weight is 427 g/mol. The van der Waals surface area contributed by atoms with Gasteiger partial charge >= 0.3 is 0 Å². The minimum Gasteiger partial charge on any atom is -0.393 e. The Morgan fingerprint density at radius 2 is 1.81 bits per heavy atom. The maximum Gasteiger partial charge on any atom is 0.0577 e. The molecule has 1 nitrogen and oxygen atoms in total. The van der Waals surface area contributed by atoms with Crippen molar-refractivity contribution in [1.82, 2.24) is 0 Å². The number of aliphatic hydroxyl groups excluding tert-OH is 1. The van der Waals surface area contributed by atoms with Crippen LogP contribution in [-0.4, -0.2) is 11.2 Å². The molecule has 3 fully saturated rings. The standard InChI is InChI=1S/C30H50O/c1-8-24(19(2)3)20(4)17-21(5)26-11-12-27-25-10-9-22-18-23(31)13-15-29(22,6)28(25)14-16-30(26,27)7/h8-9,19-21,23,25-28,31H,10-18H2,1-7H3. The summed E-state index contributed by atoms with van der Waals surface area (Å²) < 4.78 is 0. The third-order valence-electron chi connectivity index (χ3n) is 11.1. The van der Waals surface area contributed by atoms with Crippen LogP contribution in [0.5, 0.6) is 0 Å². The second-order valence-electron chi connectivity index (χ2n) is 12.9. The first kappa shape index (κ1) is 23.6. The van der Waals surface area contributed by atoms with E-state index in [0.717, 1.165) is 42.4 Å². The Morgan fingerprint density at radius 3 is 2.48 bits per heavy atom. The molecule has 31 heavy (non-hydrogen) atoms. The van der Waals surface area contributed by atoms with Crippen molar-refractivity contribution in [3.05, 3.63) is 23.3 Å². The quantitative estimate of drug-likeness (QED) is 0.439. The predicted octanol–water partition coefficient (Wildman–Crippen LogP) is 8.19. The molecule has 0 aromatic carbocycles. The highest BCUT2D eigenvalue weighted by Crippen LogP contribution is 2.67. The molecule has 0 saturated heterocycles. The van der Waals surface area contributed by atoms with Gasteiger partial charge in [0, 0.05) is 0 Å². The Morgan fingerprint density at radius 1 is 1.06 bits per heavy atom. The van der Waals surface area contributed by atoms with Gasteiger partial charge in [0.25, 0.3) is 0 Å². The molecule has 0 radical (unpaired) electrons. The lowest BCUT2D eigenvalue weighted by Crippen LogP contribution is -2.50. The monoisotopic (exact) mass is 426 g/mol. The molecule has 0 amide bonds. The minimum absolute atomic E-state index is 0.0867. The molecule has 0 aliphatic heterocycles. The summed E-state index contributed by atoms with van der Waals surface area (Å²) >= 11 is 0. The third kappa shape index (κ3) is 3.89. The fraction of sp³-hybridized carbons (Fsp3) is 0.867. The van der Waals surface area contributed by atoms with Crippen LogP contribution in [-0.2, 0) is 0 Å². The molecule has 1 N–H and O–H groups in total. The van der Waals surface area contributed by atoms with Crippen molar-refractivity contribution in [2.45, 2.75) is 112 Å². The molecule has 3 saturated carbocycles. The van der Waals surface area contributed by atoms with Crippen LogP contribution >= 0.6 is 0 Å². The number of fused-ring (bicyclic) bond motifs is 5. The highest BCUT2D eigenvalue weighted by atomic mass is 16.3. The van der Waals surface area contributed by atoms with Crippen LogP contribution in [0.3, 0.4) is 0 Å². The van der Waals surface area contributed by atoms with Gasteiger partial charge in [-0.2, -0.15) is 0 Å². The van der Waals surface area contributed by atoms with E-state index < -0.39 is 0 Å². The first-order valence-electron chi connectivity index (χ1n) is 13.7. The van der Waals surface area contributed by atoms with Crippen LogP contribution in [0, 0.1) is 52.3 Å². The van der Waals surface area contributed by atoms with E-state index in [1.165, 1.54) is 44.9 Å². The summed E-state index contributed by atoms with van der Waals surface area (Å²) in [5.41, 5.74) is 4.19. The number of allylic oxidation sites excluding steroid dienone is 3. The van der Waals surface area contributed by atoms with Crippen molar-refractivity contribution in [2.24, 2.45) is 52.3 Å². The molecule has 4 rings (SSSR count). The fourth-order valence-electron chi connectivity index (χ4n) is 9.66. The molecule has 9 atom stereocenters. The first-order valence-corrected chi connectivity index (χ1v) is 13.7. The van der Waals surface area contributed by atoms with E-state index in [9.17, 15) is 5.11 Å². The van der Waals surface area contributed by atoms with E-state index in [2.05, 4.69) is 60.6 Å². The molecule has 0 spiro atoms. The van der Waals surface area contributed by atoms with Gasteiger partial charge in [-0.15, -0.1) is 0 Å². The number of hydrogen-bond donors (Lipinski definition) is 1. The van der Waals surface area contributed by atoms with Crippen LogP contribution in [0.15, 0.2) is 23.3 Å². The van der Waals surface area contributed by atoms with Crippen LogP contribution in [0.25, 0.3) is 0 Å². The highest BCUT2D eigenvalue weighted by molar-refractivity contribution is 5.25. The summed E-state index contributed by atoms with van der Waals surface area (Å²) in [5.74, 6) is 5.78. The van der Waals surface area contributed by atoms with Crippen molar-refractivity contribution in [1.29, 1.82) is 0 Å². The van der Waals surface area contributed by atoms with E-state index in [4.69, 9.17) is 0 Å². The average Bonchev–Trinajstić information content (AvgIpc) is 3.06. The molecule has 0 bridgehead atoms. The summed E-state index contributed by atoms with van der Waals surface area (Å²) in [6.45, 7) is 17.3. The first-order chi connectivity index (χ1) is 14.6. The SMILES string of the molecule is CC=C(C(C)C)C(C)CC(C)C1CCC2C3CC=C4CC(O)CCC4(C)C3CCC12C. The lowest BCUT2D eigenvalue weighted by atomic mass is 9.47. The van der Waals surface area contributed by atoms with Gasteiger partial charge in [0.15, 0.2) is 0 Å². The van der Waals surface area contributed by atoms with Gasteiger partial charge in [-0.25, -0.2) is 0 Å². The molecular formula is C30H50O. The second kappa shape index (κ2) is 8.66. The van der Waals surface area contributed by atoms with Crippen LogP contribution in [0.1, 0.15) is 106 Å². The highest BCUT2D eigenvalue weighted by Gasteiger charge is 2.59. The van der Waals surface area contributed by atoms with Gasteiger partial charge in [-0.1, -0.05) is 64.8 Å². The zero-order valence-corrected chi connectivity index (χ0v) is 21.6. The summed E-state index contributed by atoms with van der Waals surface area (Å²) in [7, 11) is 0. The van der Waals surface area contributed by atoms with Crippen molar-refractivity contribution in [2.75, 3.05) is 0 Å². The molecular weight excluding hydrogens is 376 g/mol. The van der Waals surface area contributed by atoms with Gasteiger partial charge < -0.3 is 5.11 Å². The smallest absolute Gasteiger partial charge is 0.0577 e. The van der Waals surface area contributed by atoms with Gasteiger partial charge in [0.2, 0.25) is 0 Å². The Balaban J connectivity index is 1.51. The largest absolute Gasteiger partial charge is 0.393 e. The summed E-state index contributed by atoms with van der Waals surface area (Å²) in [6.07, 6.45) is 16.5. The predicted molar refractivity (Wildman–Crippen MR) is 133 cm³/mol. The maximum atomic E-state index is 10.3. The molecule has 0 aromatic heterocycles. The van der Waals surface area contributed by atoms with E-state index in [-0.39, 0.29) is 6.10 Å². The molecule has 0 aromatic rings. The van der Waals surface area contributed by atoms with Gasteiger partial charge in [-0.3, -0.25) is 0 Å². The summed E-state index contributed by atoms with van der Waals surface area (Å²) in [5, 5.41) is 10.3. The molecule has 4 aliphatic rings. The van der Waals surface area contributed by atoms with Crippen molar-refractivity contribution >= 4 is 0 Å². The van der Waals surface area contributed by atoms with E-state index in [0.29, 0.717) is 22.7 Å². The minimum atomic E-state index is -0.0867. The van der Waals surface area contributed by atoms with Crippen molar-refractivity contribution < 1.29 is 5.11 Å². The summed E-state index contributed by atoms with van der Waals surface area (Å²) in [4.78, 5) is 0. The van der Waals surface area contributed by atoms with Crippen LogP contribution in [0.4, 0.5) is 0 Å². The van der Waals surface area contributed by atoms with Gasteiger partial charge in [0.1, 0.15) is 0 Å². The van der Waals surface area contributed by atoms with E-state index >= 15 is 0 Å². The zero-order chi connectivity index (χ0) is 22.6. The van der Waals surface area contributed by atoms with E-state index in [1.807, 2.05) is 0 Å². The molecule has 0 heterocycles. The van der Waals surface area contributed by atoms with Crippen LogP contribution in [0.2, 0.25) is 0 Å². The van der Waals surface area contributed by atoms with Crippen LogP contribution < -0.4 is 0 Å². The lowest BCUT2D eigenvalue weighted by Gasteiger charge is -2.58. The van der Waals surface area contributed by atoms with Crippen molar-refractivity contribution in [3.63, 3.8) is 0 Å². The topological polar surface area (TPSA) is 20.2 Å². The molecule has 9 unspecified atom stereocenters. The zero-order valence-electron chi connectivity index (χ0n) is 21.6. The number of aliphatic hydroxyl groups is 1. The normalized spacial score (nSPS) is 44.9. The third-order valence-corrected chi connectivity index (χ3v) is 11.1. The molecule has 1 heteroatoms. The second-order valence-corrected chi connectivity index (χ2v) is 12.9. The Bertz CT molecular complexity index is 716. The van der Waals surface area contributed by atoms with Gasteiger partial charge in [0.05, 0.1) is 6.10 Å². The van der Waals surface area contributed by atoms with Crippen molar-refractivity contribution in [3.8, 4) is 0 Å². The number of hydrogen-bond acceptors (Lipinski definition) is 1. The van der Waals surface area contributed by atoms with E-state index in [1.54, 1.807) is 11.1 Å². The summed E-state index contributed by atoms with van der Waals surface area (Å²) in [6, 6.07) is 0. The molecule has 176 valence electrons. The number of rotatable bonds is 5.